The molecule has 3 heterocycles. The Morgan fingerprint density at radius 3 is 2.67 bits per heavy atom. The van der Waals surface area contributed by atoms with Crippen LogP contribution in [-0.2, 0) is 12.3 Å². The average molecular weight is 377 g/mol. The zero-order valence-corrected chi connectivity index (χ0v) is 16.0. The summed E-state index contributed by atoms with van der Waals surface area (Å²) in [4.78, 5) is 17.0. The van der Waals surface area contributed by atoms with Crippen LogP contribution < -0.4 is 5.56 Å². The molecule has 4 aromatic rings. The predicted octanol–water partition coefficient (Wildman–Crippen LogP) is 3.57. The molecule has 0 saturated carbocycles. The van der Waals surface area contributed by atoms with Crippen LogP contribution in [0.15, 0.2) is 64.7 Å². The van der Waals surface area contributed by atoms with E-state index in [1.807, 2.05) is 49.4 Å². The number of nitrogens with zero attached hydrogens (tertiary/aromatic N) is 5. The molecular weight excluding hydrogens is 358 g/mol. The van der Waals surface area contributed by atoms with Gasteiger partial charge in [-0.05, 0) is 25.5 Å². The lowest BCUT2D eigenvalue weighted by Crippen LogP contribution is -2.15. The van der Waals surface area contributed by atoms with E-state index in [0.717, 1.165) is 34.3 Å². The van der Waals surface area contributed by atoms with Gasteiger partial charge in [0.1, 0.15) is 5.65 Å². The molecule has 0 aliphatic heterocycles. The molecule has 0 saturated heterocycles. The van der Waals surface area contributed by atoms with Crippen LogP contribution in [0.3, 0.4) is 0 Å². The van der Waals surface area contributed by atoms with Crippen LogP contribution in [0.25, 0.3) is 17.0 Å². The maximum atomic E-state index is 12.4. The van der Waals surface area contributed by atoms with E-state index in [0.29, 0.717) is 11.4 Å². The zero-order valence-electron chi connectivity index (χ0n) is 15.2. The van der Waals surface area contributed by atoms with E-state index in [2.05, 4.69) is 26.7 Å². The van der Waals surface area contributed by atoms with Crippen molar-refractivity contribution in [3.8, 4) is 11.4 Å². The van der Waals surface area contributed by atoms with Crippen LogP contribution in [-0.4, -0.2) is 24.1 Å². The van der Waals surface area contributed by atoms with Crippen molar-refractivity contribution in [1.29, 1.82) is 0 Å². The maximum Gasteiger partial charge on any atom is 0.258 e. The summed E-state index contributed by atoms with van der Waals surface area (Å²) in [5.41, 5.74) is 3.39. The van der Waals surface area contributed by atoms with Gasteiger partial charge in [-0.25, -0.2) is 4.98 Å². The first-order valence-corrected chi connectivity index (χ1v) is 9.75. The molecule has 7 heteroatoms. The minimum absolute atomic E-state index is 0.0683. The highest BCUT2D eigenvalue weighted by atomic mass is 32.2. The van der Waals surface area contributed by atoms with E-state index in [1.165, 1.54) is 0 Å². The van der Waals surface area contributed by atoms with Gasteiger partial charge in [-0.3, -0.25) is 9.20 Å². The Labute approximate surface area is 160 Å². The Hall–Kier alpha value is -2.93. The number of hydrogen-bond donors (Lipinski definition) is 0. The molecule has 1 aromatic carbocycles. The molecule has 0 amide bonds. The Kier molecular flexibility index (Phi) is 4.77. The van der Waals surface area contributed by atoms with Gasteiger partial charge < -0.3 is 4.57 Å². The predicted molar refractivity (Wildman–Crippen MR) is 107 cm³/mol. The largest absolute Gasteiger partial charge is 0.302 e. The number of fused-ring (bicyclic) bond motifs is 1. The number of rotatable bonds is 5. The lowest BCUT2D eigenvalue weighted by atomic mass is 10.2. The van der Waals surface area contributed by atoms with Crippen molar-refractivity contribution in [1.82, 2.24) is 24.1 Å². The number of benzene rings is 1. The standard InChI is InChI=1S/C20H19N5OS/c1-3-24-19(15-9-5-4-6-10-15)22-23-20(24)27-13-16-12-17(26)25-11-7-8-14(2)18(25)21-16/h4-12H,3,13H2,1-2H3. The van der Waals surface area contributed by atoms with E-state index >= 15 is 0 Å². The summed E-state index contributed by atoms with van der Waals surface area (Å²) < 4.78 is 3.66. The molecule has 4 rings (SSSR count). The van der Waals surface area contributed by atoms with Gasteiger partial charge >= 0.3 is 0 Å². The Morgan fingerprint density at radius 2 is 1.89 bits per heavy atom. The molecule has 0 radical (unpaired) electrons. The molecule has 0 aliphatic carbocycles. The summed E-state index contributed by atoms with van der Waals surface area (Å²) in [6, 6.07) is 15.4. The minimum atomic E-state index is -0.0683. The number of aromatic nitrogens is 5. The molecular formula is C20H19N5OS. The summed E-state index contributed by atoms with van der Waals surface area (Å²) in [6.45, 7) is 4.80. The third-order valence-corrected chi connectivity index (χ3v) is 5.35. The molecule has 136 valence electrons. The second-order valence-electron chi connectivity index (χ2n) is 6.18. The molecule has 0 aliphatic rings. The Morgan fingerprint density at radius 1 is 1.07 bits per heavy atom. The van der Waals surface area contributed by atoms with Crippen LogP contribution in [0.5, 0.6) is 0 Å². The topological polar surface area (TPSA) is 65.1 Å². The number of aryl methyl sites for hydroxylation is 1. The Balaban J connectivity index is 1.63. The van der Waals surface area contributed by atoms with Gasteiger partial charge in [-0.2, -0.15) is 0 Å². The highest BCUT2D eigenvalue weighted by Crippen LogP contribution is 2.25. The van der Waals surface area contributed by atoms with E-state index < -0.39 is 0 Å². The van der Waals surface area contributed by atoms with Gasteiger partial charge in [-0.15, -0.1) is 10.2 Å². The second kappa shape index (κ2) is 7.36. The van der Waals surface area contributed by atoms with Gasteiger partial charge in [0.2, 0.25) is 0 Å². The van der Waals surface area contributed by atoms with E-state index in [-0.39, 0.29) is 5.56 Å². The normalized spacial score (nSPS) is 11.2. The summed E-state index contributed by atoms with van der Waals surface area (Å²) >= 11 is 1.54. The zero-order chi connectivity index (χ0) is 18.8. The van der Waals surface area contributed by atoms with Crippen molar-refractivity contribution in [3.05, 3.63) is 76.3 Å². The smallest absolute Gasteiger partial charge is 0.258 e. The summed E-state index contributed by atoms with van der Waals surface area (Å²) in [5, 5.41) is 9.52. The average Bonchev–Trinajstić information content (AvgIpc) is 3.11. The van der Waals surface area contributed by atoms with Crippen LogP contribution in [0.2, 0.25) is 0 Å². The van der Waals surface area contributed by atoms with E-state index in [9.17, 15) is 4.79 Å². The highest BCUT2D eigenvalue weighted by molar-refractivity contribution is 7.98. The second-order valence-corrected chi connectivity index (χ2v) is 7.12. The molecule has 0 unspecified atom stereocenters. The molecule has 0 atom stereocenters. The summed E-state index contributed by atoms with van der Waals surface area (Å²) in [5.74, 6) is 1.41. The number of hydrogen-bond acceptors (Lipinski definition) is 5. The maximum absolute atomic E-state index is 12.4. The van der Waals surface area contributed by atoms with Crippen molar-refractivity contribution in [2.75, 3.05) is 0 Å². The van der Waals surface area contributed by atoms with Crippen molar-refractivity contribution in [3.63, 3.8) is 0 Å². The van der Waals surface area contributed by atoms with Crippen LogP contribution >= 0.6 is 11.8 Å². The van der Waals surface area contributed by atoms with Crippen LogP contribution in [0, 0.1) is 6.92 Å². The molecule has 6 nitrogen and oxygen atoms in total. The SMILES string of the molecule is CCn1c(SCc2cc(=O)n3cccc(C)c3n2)nnc1-c1ccccc1. The third kappa shape index (κ3) is 3.38. The fraction of sp³-hybridized carbons (Fsp3) is 0.200. The van der Waals surface area contributed by atoms with E-state index in [4.69, 9.17) is 0 Å². The molecule has 0 spiro atoms. The first-order valence-electron chi connectivity index (χ1n) is 8.76. The van der Waals surface area contributed by atoms with Crippen molar-refractivity contribution in [2.24, 2.45) is 0 Å². The number of pyridine rings is 1. The first kappa shape index (κ1) is 17.5. The summed E-state index contributed by atoms with van der Waals surface area (Å²) in [6.07, 6.45) is 1.74. The van der Waals surface area contributed by atoms with Gasteiger partial charge in [0, 0.05) is 30.1 Å². The lowest BCUT2D eigenvalue weighted by molar-refractivity contribution is 0.687. The minimum Gasteiger partial charge on any atom is -0.302 e. The van der Waals surface area contributed by atoms with Crippen molar-refractivity contribution < 1.29 is 0 Å². The first-order chi connectivity index (χ1) is 13.2. The van der Waals surface area contributed by atoms with Crippen LogP contribution in [0.1, 0.15) is 18.2 Å². The quantitative estimate of drug-likeness (QED) is 0.498. The fourth-order valence-electron chi connectivity index (χ4n) is 3.00. The molecule has 3 aromatic heterocycles. The Bertz CT molecular complexity index is 1150. The summed E-state index contributed by atoms with van der Waals surface area (Å²) in [7, 11) is 0. The monoisotopic (exact) mass is 377 g/mol. The number of thioether (sulfide) groups is 1. The molecule has 0 bridgehead atoms. The third-order valence-electron chi connectivity index (χ3n) is 4.35. The molecule has 0 fully saturated rings. The molecule has 27 heavy (non-hydrogen) atoms. The van der Waals surface area contributed by atoms with Gasteiger partial charge in [0.15, 0.2) is 11.0 Å². The van der Waals surface area contributed by atoms with Gasteiger partial charge in [0.25, 0.3) is 5.56 Å². The van der Waals surface area contributed by atoms with Gasteiger partial charge in [-0.1, -0.05) is 48.2 Å². The fourth-order valence-corrected chi connectivity index (χ4v) is 3.90. The van der Waals surface area contributed by atoms with Crippen molar-refractivity contribution in [2.45, 2.75) is 31.3 Å². The van der Waals surface area contributed by atoms with Crippen LogP contribution in [0.4, 0.5) is 0 Å². The van der Waals surface area contributed by atoms with Crippen molar-refractivity contribution >= 4 is 17.4 Å². The molecule has 0 N–H and O–H groups in total. The lowest BCUT2D eigenvalue weighted by Gasteiger charge is -2.08. The van der Waals surface area contributed by atoms with E-state index in [1.54, 1.807) is 28.4 Å². The highest BCUT2D eigenvalue weighted by Gasteiger charge is 2.14. The van der Waals surface area contributed by atoms with Gasteiger partial charge in [0.05, 0.1) is 5.69 Å².